The van der Waals surface area contributed by atoms with Crippen LogP contribution in [0.15, 0.2) is 29.1 Å². The Morgan fingerprint density at radius 1 is 1.21 bits per heavy atom. The van der Waals surface area contributed by atoms with E-state index in [0.29, 0.717) is 5.69 Å². The monoisotopic (exact) mass is 260 g/mol. The minimum absolute atomic E-state index is 0.0371. The second-order valence-electron chi connectivity index (χ2n) is 5.31. The van der Waals surface area contributed by atoms with Crippen LogP contribution < -0.4 is 11.0 Å². The Kier molecular flexibility index (Phi) is 3.25. The van der Waals surface area contributed by atoms with Crippen LogP contribution in [0, 0.1) is 0 Å². The number of carbonyl (C=O) groups is 1. The molecular weight excluding hydrogens is 244 g/mol. The second-order valence-corrected chi connectivity index (χ2v) is 5.31. The van der Waals surface area contributed by atoms with Crippen molar-refractivity contribution in [3.8, 4) is 0 Å². The van der Waals surface area contributed by atoms with Gasteiger partial charge in [0.15, 0.2) is 0 Å². The molecular formula is C13H16N4O2. The van der Waals surface area contributed by atoms with Crippen LogP contribution in [0.4, 0.5) is 5.69 Å². The third-order valence-electron chi connectivity index (χ3n) is 2.73. The molecule has 0 aliphatic carbocycles. The summed E-state index contributed by atoms with van der Waals surface area (Å²) in [4.78, 5) is 24.9. The smallest absolute Gasteiger partial charge is 0.319 e. The van der Waals surface area contributed by atoms with E-state index in [9.17, 15) is 9.59 Å². The quantitative estimate of drug-likeness (QED) is 0.766. The summed E-state index contributed by atoms with van der Waals surface area (Å²) in [6.45, 7) is 6.36. The van der Waals surface area contributed by atoms with Crippen LogP contribution in [-0.4, -0.2) is 21.1 Å². The molecule has 6 nitrogen and oxygen atoms in total. The Labute approximate surface area is 110 Å². The summed E-state index contributed by atoms with van der Waals surface area (Å²) >= 11 is 0. The molecule has 0 aliphatic rings. The first kappa shape index (κ1) is 13.1. The molecule has 0 spiro atoms. The predicted molar refractivity (Wildman–Crippen MR) is 72.3 cm³/mol. The van der Waals surface area contributed by atoms with Crippen molar-refractivity contribution in [1.82, 2.24) is 15.2 Å². The molecule has 0 atom stereocenters. The molecule has 1 heterocycles. The Balaban J connectivity index is 2.12. The van der Waals surface area contributed by atoms with Crippen molar-refractivity contribution in [3.05, 3.63) is 46.1 Å². The van der Waals surface area contributed by atoms with Crippen LogP contribution in [0.1, 0.15) is 37.0 Å². The number of benzene rings is 1. The molecule has 0 unspecified atom stereocenters. The third kappa shape index (κ3) is 3.09. The van der Waals surface area contributed by atoms with Gasteiger partial charge in [0.1, 0.15) is 0 Å². The highest BCUT2D eigenvalue weighted by atomic mass is 16.2. The van der Waals surface area contributed by atoms with Gasteiger partial charge >= 0.3 is 5.69 Å². The molecule has 0 saturated heterocycles. The van der Waals surface area contributed by atoms with Crippen molar-refractivity contribution in [1.29, 1.82) is 0 Å². The van der Waals surface area contributed by atoms with E-state index < -0.39 is 11.6 Å². The maximum Gasteiger partial charge on any atom is 0.341 e. The molecule has 6 heteroatoms. The van der Waals surface area contributed by atoms with Crippen LogP contribution in [-0.2, 0) is 5.41 Å². The van der Waals surface area contributed by atoms with Gasteiger partial charge in [-0.05, 0) is 23.1 Å². The van der Waals surface area contributed by atoms with Crippen LogP contribution in [0.25, 0.3) is 0 Å². The molecule has 1 aromatic heterocycles. The zero-order valence-electron chi connectivity index (χ0n) is 11.1. The topological polar surface area (TPSA) is 90.6 Å². The zero-order valence-corrected chi connectivity index (χ0v) is 11.1. The fourth-order valence-corrected chi connectivity index (χ4v) is 1.62. The highest BCUT2D eigenvalue weighted by Crippen LogP contribution is 2.23. The lowest BCUT2D eigenvalue weighted by molar-refractivity contribution is 0.101. The van der Waals surface area contributed by atoms with Crippen molar-refractivity contribution < 1.29 is 4.79 Å². The number of carbonyl (C=O) groups excluding carboxylic acids is 1. The first-order valence-electron chi connectivity index (χ1n) is 5.93. The molecule has 1 aromatic carbocycles. The van der Waals surface area contributed by atoms with E-state index in [2.05, 4.69) is 41.3 Å². The summed E-state index contributed by atoms with van der Waals surface area (Å²) in [6.07, 6.45) is 0. The Bertz CT molecular complexity index is 632. The van der Waals surface area contributed by atoms with Gasteiger partial charge in [-0.15, -0.1) is 5.10 Å². The highest BCUT2D eigenvalue weighted by molar-refractivity contribution is 6.01. The number of hydrogen-bond donors (Lipinski definition) is 3. The normalized spacial score (nSPS) is 11.3. The molecule has 3 N–H and O–H groups in total. The average Bonchev–Trinajstić information content (AvgIpc) is 2.75. The van der Waals surface area contributed by atoms with Gasteiger partial charge in [0.25, 0.3) is 5.91 Å². The minimum atomic E-state index is -0.506. The van der Waals surface area contributed by atoms with E-state index in [1.165, 1.54) is 5.56 Å². The van der Waals surface area contributed by atoms with Crippen molar-refractivity contribution in [2.75, 3.05) is 5.32 Å². The van der Waals surface area contributed by atoms with Crippen LogP contribution >= 0.6 is 0 Å². The maximum atomic E-state index is 11.7. The van der Waals surface area contributed by atoms with Crippen molar-refractivity contribution in [2.24, 2.45) is 0 Å². The molecule has 2 rings (SSSR count). The molecule has 0 aliphatic heterocycles. The summed E-state index contributed by atoms with van der Waals surface area (Å²) in [5, 5.41) is 8.36. The van der Waals surface area contributed by atoms with Crippen molar-refractivity contribution in [3.63, 3.8) is 0 Å². The molecule has 0 fully saturated rings. The highest BCUT2D eigenvalue weighted by Gasteiger charge is 2.14. The van der Waals surface area contributed by atoms with Crippen molar-refractivity contribution in [2.45, 2.75) is 26.2 Å². The Morgan fingerprint density at radius 2 is 1.84 bits per heavy atom. The van der Waals surface area contributed by atoms with Crippen molar-refractivity contribution >= 4 is 11.6 Å². The van der Waals surface area contributed by atoms with Gasteiger partial charge in [0.05, 0.1) is 0 Å². The molecule has 2 aromatic rings. The summed E-state index contributed by atoms with van der Waals surface area (Å²) in [5.74, 6) is -0.494. The number of hydrogen-bond acceptors (Lipinski definition) is 3. The molecule has 0 bridgehead atoms. The van der Waals surface area contributed by atoms with Gasteiger partial charge in [0.2, 0.25) is 5.82 Å². The van der Waals surface area contributed by atoms with E-state index in [1.54, 1.807) is 0 Å². The summed E-state index contributed by atoms with van der Waals surface area (Å²) in [7, 11) is 0. The molecule has 19 heavy (non-hydrogen) atoms. The van der Waals surface area contributed by atoms with Gasteiger partial charge in [-0.3, -0.25) is 9.78 Å². The van der Waals surface area contributed by atoms with E-state index >= 15 is 0 Å². The number of aromatic amines is 2. The lowest BCUT2D eigenvalue weighted by Crippen LogP contribution is -2.15. The van der Waals surface area contributed by atoms with Crippen LogP contribution in [0.3, 0.4) is 0 Å². The predicted octanol–water partition coefficient (Wildman–Crippen LogP) is 1.65. The third-order valence-corrected chi connectivity index (χ3v) is 2.73. The van der Waals surface area contributed by atoms with Crippen LogP contribution in [0.5, 0.6) is 0 Å². The summed E-state index contributed by atoms with van der Waals surface area (Å²) in [5.41, 5.74) is 1.39. The number of aromatic nitrogens is 3. The Morgan fingerprint density at radius 3 is 2.32 bits per heavy atom. The number of rotatable bonds is 2. The lowest BCUT2D eigenvalue weighted by atomic mass is 9.87. The Hall–Kier alpha value is -2.37. The maximum absolute atomic E-state index is 11.7. The molecule has 100 valence electrons. The van der Waals surface area contributed by atoms with Gasteiger partial charge in [-0.1, -0.05) is 32.9 Å². The molecule has 1 amide bonds. The number of anilines is 1. The zero-order chi connectivity index (χ0) is 14.0. The van der Waals surface area contributed by atoms with Gasteiger partial charge in [-0.2, -0.15) is 0 Å². The lowest BCUT2D eigenvalue weighted by Gasteiger charge is -2.19. The van der Waals surface area contributed by atoms with E-state index in [-0.39, 0.29) is 11.2 Å². The average molecular weight is 260 g/mol. The second kappa shape index (κ2) is 4.72. The number of nitrogens with one attached hydrogen (secondary N) is 3. The first-order chi connectivity index (χ1) is 8.86. The fourth-order valence-electron chi connectivity index (χ4n) is 1.62. The first-order valence-corrected chi connectivity index (χ1v) is 5.93. The van der Waals surface area contributed by atoms with Gasteiger partial charge in [-0.25, -0.2) is 9.89 Å². The minimum Gasteiger partial charge on any atom is -0.319 e. The molecule has 0 saturated carbocycles. The van der Waals surface area contributed by atoms with E-state index in [0.717, 1.165) is 0 Å². The molecule has 0 radical (unpaired) electrons. The van der Waals surface area contributed by atoms with E-state index in [4.69, 9.17) is 0 Å². The summed E-state index contributed by atoms with van der Waals surface area (Å²) < 4.78 is 0. The van der Waals surface area contributed by atoms with Gasteiger partial charge < -0.3 is 5.32 Å². The number of H-pyrrole nitrogens is 2. The van der Waals surface area contributed by atoms with E-state index in [1.807, 2.05) is 24.3 Å². The standard InChI is InChI=1S/C13H16N4O2/c1-13(2,3)8-4-6-9(7-5-8)14-11(18)10-15-12(19)17-16-10/h4-7H,1-3H3,(H,14,18)(H2,15,16,17,19). The summed E-state index contributed by atoms with van der Waals surface area (Å²) in [6, 6.07) is 7.57. The SMILES string of the molecule is CC(C)(C)c1ccc(NC(=O)c2n[nH]c(=O)[nH]2)cc1. The number of nitrogens with zero attached hydrogens (tertiary/aromatic N) is 1. The fraction of sp³-hybridized carbons (Fsp3) is 0.308. The van der Waals surface area contributed by atoms with Crippen LogP contribution in [0.2, 0.25) is 0 Å². The largest absolute Gasteiger partial charge is 0.341 e. The van der Waals surface area contributed by atoms with Gasteiger partial charge in [0, 0.05) is 5.69 Å². The number of amides is 1.